The monoisotopic (exact) mass is 814 g/mol. The highest BCUT2D eigenvalue weighted by Crippen LogP contribution is 2.40. The van der Waals surface area contributed by atoms with Gasteiger partial charge in [-0.3, -0.25) is 52.6 Å². The van der Waals surface area contributed by atoms with E-state index < -0.39 is 29.7 Å². The van der Waals surface area contributed by atoms with Crippen LogP contribution in [0, 0.1) is 13.5 Å². The fourth-order valence-corrected chi connectivity index (χ4v) is 8.35. The van der Waals surface area contributed by atoms with Crippen molar-refractivity contribution in [2.45, 2.75) is 56.0 Å². The van der Waals surface area contributed by atoms with E-state index in [1.807, 2.05) is 41.9 Å². The van der Waals surface area contributed by atoms with Gasteiger partial charge in [0.1, 0.15) is 5.69 Å². The van der Waals surface area contributed by atoms with Crippen LogP contribution in [0.3, 0.4) is 0 Å². The molecule has 2 fully saturated rings. The van der Waals surface area contributed by atoms with E-state index in [1.54, 1.807) is 26.3 Å². The molecule has 1 radical (unpaired) electrons. The third-order valence-corrected chi connectivity index (χ3v) is 11.7. The quantitative estimate of drug-likeness (QED) is 0.114. The molecule has 20 heteroatoms. The average Bonchev–Trinajstić information content (AvgIpc) is 3.79. The summed E-state index contributed by atoms with van der Waals surface area (Å²) in [6.07, 6.45) is 4.10. The molecule has 2 aliphatic heterocycles. The van der Waals surface area contributed by atoms with Crippen molar-refractivity contribution in [1.29, 1.82) is 0 Å². The topological polar surface area (TPSA) is 240 Å². The standard InChI is InChI=1S/C37H52N9O10S/c1-26-19-46(32-18-30(48)31(25-47)57-32)37(56)45(36(26)55)9-3-2-8-44-21-29(38-39-44)28-6-4-27(5-7-28)20-40-10-12-41(22-33(49)50)14-16-43(24-35(53)54)17-15-42(13-11-40)23-34(51)52/h4-7,19-21,30-32,47-48H,2-3,8-18,22-25H2,1H3,(H,49,50)(H,51,52)(H,53,54)/t30?,31-,32?/m1/s1. The summed E-state index contributed by atoms with van der Waals surface area (Å²) in [7, 11) is 0. The van der Waals surface area contributed by atoms with Gasteiger partial charge in [-0.25, -0.2) is 4.79 Å². The van der Waals surface area contributed by atoms with Gasteiger partial charge in [0, 0.05) is 89.2 Å². The van der Waals surface area contributed by atoms with Crippen molar-refractivity contribution >= 4 is 29.7 Å². The Morgan fingerprint density at radius 2 is 1.35 bits per heavy atom. The fourth-order valence-electron chi connectivity index (χ4n) is 6.98. The number of aromatic nitrogens is 5. The van der Waals surface area contributed by atoms with E-state index in [0.29, 0.717) is 89.4 Å². The van der Waals surface area contributed by atoms with Gasteiger partial charge in [-0.2, -0.15) is 0 Å². The van der Waals surface area contributed by atoms with Crippen molar-refractivity contribution in [3.05, 3.63) is 75.2 Å². The second-order valence-electron chi connectivity index (χ2n) is 14.4. The Balaban J connectivity index is 1.17. The lowest BCUT2D eigenvalue weighted by Gasteiger charge is -2.33. The molecule has 2 saturated heterocycles. The summed E-state index contributed by atoms with van der Waals surface area (Å²) in [5.41, 5.74) is 2.01. The van der Waals surface area contributed by atoms with Crippen LogP contribution >= 0.6 is 11.8 Å². The number of unbranched alkanes of at least 4 members (excludes halogenated alkanes) is 1. The van der Waals surface area contributed by atoms with E-state index in [9.17, 15) is 49.5 Å². The number of carboxylic acid groups (broad SMARTS) is 3. The fraction of sp³-hybridized carbons (Fsp3) is 0.568. The molecule has 2 aliphatic rings. The molecule has 5 rings (SSSR count). The lowest BCUT2D eigenvalue weighted by atomic mass is 10.1. The Bertz CT molecular complexity index is 1910. The third kappa shape index (κ3) is 12.8. The first kappa shape index (κ1) is 43.7. The summed E-state index contributed by atoms with van der Waals surface area (Å²) in [5.74, 6) is -2.96. The van der Waals surface area contributed by atoms with Gasteiger partial charge in [0.15, 0.2) is 0 Å². The summed E-state index contributed by atoms with van der Waals surface area (Å²) in [6.45, 7) is 6.62. The molecular weight excluding hydrogens is 763 g/mol. The number of thioether (sulfide) groups is 1. The first-order valence-corrected chi connectivity index (χ1v) is 19.9. The zero-order valence-electron chi connectivity index (χ0n) is 32.0. The normalized spacial score (nSPS) is 20.9. The zero-order chi connectivity index (χ0) is 41.1. The van der Waals surface area contributed by atoms with E-state index in [0.717, 1.165) is 11.1 Å². The number of hydrogen-bond acceptors (Lipinski definition) is 14. The highest BCUT2D eigenvalue weighted by molar-refractivity contribution is 8.00. The Morgan fingerprint density at radius 1 is 0.807 bits per heavy atom. The van der Waals surface area contributed by atoms with Gasteiger partial charge in [0.2, 0.25) is 0 Å². The molecule has 1 aromatic carbocycles. The van der Waals surface area contributed by atoms with Crippen molar-refractivity contribution in [3.8, 4) is 11.3 Å². The molecule has 0 bridgehead atoms. The predicted molar refractivity (Wildman–Crippen MR) is 210 cm³/mol. The number of aryl methyl sites for hydroxylation is 2. The Labute approximate surface area is 333 Å². The van der Waals surface area contributed by atoms with Crippen molar-refractivity contribution in [3.63, 3.8) is 0 Å². The predicted octanol–water partition coefficient (Wildman–Crippen LogP) is -0.600. The van der Waals surface area contributed by atoms with Gasteiger partial charge < -0.3 is 25.5 Å². The van der Waals surface area contributed by atoms with Gasteiger partial charge in [0.05, 0.1) is 55.7 Å². The zero-order valence-corrected chi connectivity index (χ0v) is 32.8. The molecule has 0 saturated carbocycles. The Kier molecular flexibility index (Phi) is 16.0. The minimum absolute atomic E-state index is 0.192. The van der Waals surface area contributed by atoms with Crippen molar-refractivity contribution in [1.82, 2.24) is 43.7 Å². The lowest BCUT2D eigenvalue weighted by molar-refractivity contribution is -0.140. The SMILES string of the molecule is Cc1cn(C2CC(O)[C@@H](CO)S2)c(=O)n(CCCCn2cc(-c3ccc([CH]N4CCN(CC(=O)O)CCN(CC(=O)O)CCN(CC(=O)O)CC4)cc3)nn2)c1=O. The molecule has 0 amide bonds. The molecule has 3 aromatic rings. The summed E-state index contributed by atoms with van der Waals surface area (Å²) < 4.78 is 4.42. The second-order valence-corrected chi connectivity index (χ2v) is 15.9. The summed E-state index contributed by atoms with van der Waals surface area (Å²) in [4.78, 5) is 68.1. The number of carboxylic acids is 3. The minimum atomic E-state index is -1.01. The minimum Gasteiger partial charge on any atom is -0.480 e. The highest BCUT2D eigenvalue weighted by Gasteiger charge is 2.35. The van der Waals surface area contributed by atoms with Gasteiger partial charge in [-0.1, -0.05) is 29.5 Å². The number of aliphatic carboxylic acids is 3. The molecule has 3 atom stereocenters. The molecular formula is C37H52N9O10S. The molecule has 2 unspecified atom stereocenters. The molecule has 19 nitrogen and oxygen atoms in total. The first-order valence-electron chi connectivity index (χ1n) is 19.0. The Morgan fingerprint density at radius 3 is 1.88 bits per heavy atom. The number of carbonyl (C=O) groups is 3. The highest BCUT2D eigenvalue weighted by atomic mass is 32.2. The van der Waals surface area contributed by atoms with Crippen molar-refractivity contribution in [2.75, 3.05) is 78.6 Å². The Hall–Kier alpha value is -4.44. The van der Waals surface area contributed by atoms with Crippen LogP contribution in [0.2, 0.25) is 0 Å². The molecule has 0 spiro atoms. The van der Waals surface area contributed by atoms with Crippen LogP contribution in [0.4, 0.5) is 0 Å². The molecule has 4 heterocycles. The van der Waals surface area contributed by atoms with E-state index in [-0.39, 0.29) is 49.0 Å². The van der Waals surface area contributed by atoms with E-state index in [1.165, 1.54) is 27.1 Å². The number of aliphatic hydroxyl groups excluding tert-OH is 2. The second kappa shape index (κ2) is 20.8. The maximum absolute atomic E-state index is 13.3. The van der Waals surface area contributed by atoms with Crippen LogP contribution < -0.4 is 11.2 Å². The van der Waals surface area contributed by atoms with Crippen LogP contribution in [0.15, 0.2) is 46.2 Å². The molecule has 311 valence electrons. The first-order chi connectivity index (χ1) is 27.3. The maximum Gasteiger partial charge on any atom is 0.331 e. The van der Waals surface area contributed by atoms with Gasteiger partial charge in [-0.15, -0.1) is 16.9 Å². The summed E-state index contributed by atoms with van der Waals surface area (Å²) in [6, 6.07) is 7.69. The maximum atomic E-state index is 13.3. The van der Waals surface area contributed by atoms with Crippen LogP contribution in [0.1, 0.15) is 35.8 Å². The van der Waals surface area contributed by atoms with Gasteiger partial charge in [-0.05, 0) is 25.3 Å². The van der Waals surface area contributed by atoms with Crippen LogP contribution in [-0.2, 0) is 27.5 Å². The average molecular weight is 815 g/mol. The van der Waals surface area contributed by atoms with Crippen molar-refractivity contribution in [2.24, 2.45) is 0 Å². The van der Waals surface area contributed by atoms with Crippen LogP contribution in [-0.4, -0.2) is 177 Å². The smallest absolute Gasteiger partial charge is 0.331 e. The molecule has 5 N–H and O–H groups in total. The van der Waals surface area contributed by atoms with Crippen LogP contribution in [0.25, 0.3) is 11.3 Å². The number of rotatable bonds is 16. The van der Waals surface area contributed by atoms with Crippen LogP contribution in [0.5, 0.6) is 0 Å². The van der Waals surface area contributed by atoms with E-state index in [4.69, 9.17) is 0 Å². The lowest BCUT2D eigenvalue weighted by Crippen LogP contribution is -2.48. The number of nitrogens with zero attached hydrogens (tertiary/aromatic N) is 9. The third-order valence-electron chi connectivity index (χ3n) is 10.1. The largest absolute Gasteiger partial charge is 0.480 e. The van der Waals surface area contributed by atoms with Crippen molar-refractivity contribution < 1.29 is 39.9 Å². The van der Waals surface area contributed by atoms with Gasteiger partial charge >= 0.3 is 23.6 Å². The number of benzene rings is 1. The summed E-state index contributed by atoms with van der Waals surface area (Å²) >= 11 is 1.33. The van der Waals surface area contributed by atoms with E-state index >= 15 is 0 Å². The van der Waals surface area contributed by atoms with Gasteiger partial charge in [0.25, 0.3) is 5.56 Å². The van der Waals surface area contributed by atoms with E-state index in [2.05, 4.69) is 10.3 Å². The summed E-state index contributed by atoms with van der Waals surface area (Å²) in [5, 5.41) is 56.0. The number of hydrogen-bond donors (Lipinski definition) is 5. The molecule has 57 heavy (non-hydrogen) atoms. The molecule has 0 aliphatic carbocycles. The molecule has 2 aromatic heterocycles. The number of aliphatic hydroxyl groups is 2.